The van der Waals surface area contributed by atoms with Crippen LogP contribution in [0.4, 0.5) is 0 Å². The quantitative estimate of drug-likeness (QED) is 0.0222. The van der Waals surface area contributed by atoms with Gasteiger partial charge in [0, 0.05) is 25.7 Å². The maximum absolute atomic E-state index is 13.2. The Kier molecular flexibility index (Phi) is 75.6. The van der Waals surface area contributed by atoms with E-state index in [-0.39, 0.29) is 25.7 Å². The average Bonchev–Trinajstić information content (AvgIpc) is 0.901. The molecule has 0 saturated heterocycles. The zero-order valence-electron chi connectivity index (χ0n) is 69.9. The van der Waals surface area contributed by atoms with Crippen molar-refractivity contribution in [1.82, 2.24) is 0 Å². The Morgan fingerprint density at radius 2 is 0.434 bits per heavy atom. The second-order valence-corrected chi connectivity index (χ2v) is 35.6. The van der Waals surface area contributed by atoms with Crippen LogP contribution < -0.4 is 0 Å². The Morgan fingerprint density at radius 3 is 0.642 bits per heavy atom. The maximum Gasteiger partial charge on any atom is 0.472 e. The molecular formula is C87H170O17P2. The largest absolute Gasteiger partial charge is 0.472 e. The molecule has 106 heavy (non-hydrogen) atoms. The highest BCUT2D eigenvalue weighted by atomic mass is 31.2. The molecule has 0 fully saturated rings. The Bertz CT molecular complexity index is 2040. The fraction of sp³-hybridized carbons (Fsp3) is 0.954. The number of carbonyl (C=O) groups excluding carboxylic acids is 4. The molecule has 0 spiro atoms. The minimum atomic E-state index is -4.97. The van der Waals surface area contributed by atoms with E-state index in [4.69, 9.17) is 37.0 Å². The van der Waals surface area contributed by atoms with Gasteiger partial charge in [-0.05, 0) is 43.4 Å². The van der Waals surface area contributed by atoms with Crippen molar-refractivity contribution in [3.63, 3.8) is 0 Å². The van der Waals surface area contributed by atoms with Crippen LogP contribution in [-0.2, 0) is 65.4 Å². The molecule has 630 valence electrons. The lowest BCUT2D eigenvalue weighted by Gasteiger charge is -2.21. The second-order valence-electron chi connectivity index (χ2n) is 32.7. The van der Waals surface area contributed by atoms with E-state index in [9.17, 15) is 43.2 Å². The predicted octanol–water partition coefficient (Wildman–Crippen LogP) is 26.5. The van der Waals surface area contributed by atoms with Crippen LogP contribution in [0.2, 0.25) is 0 Å². The molecule has 0 saturated carbocycles. The van der Waals surface area contributed by atoms with Crippen LogP contribution in [0.3, 0.4) is 0 Å². The molecule has 0 rings (SSSR count). The molecule has 0 aromatic carbocycles. The number of unbranched alkanes of at least 4 members (excludes halogenated alkanes) is 53. The molecule has 0 radical (unpaired) electrons. The standard InChI is InChI=1S/C87H170O17P2/c1-8-9-10-11-12-13-14-15-16-17-18-23-29-34-41-49-56-63-70-87(92)104-83(75-98-85(90)69-62-55-48-43-36-39-46-53-60-67-80(6)7)77-102-106(95,96)100-73-81(88)72-99-105(93,94)101-76-82(103-86(91)71-64-57-50-42-35-30-25-20-22-27-32-38-45-52-59-66-79(4)5)74-97-84(89)68-61-54-47-40-33-28-24-19-21-26-31-37-44-51-58-65-78(2)3/h78-83,88H,8-77H2,1-7H3,(H,93,94)(H,95,96)/t81-,82-,83-/m1/s1. The molecule has 0 bridgehead atoms. The molecule has 0 aromatic heterocycles. The summed E-state index contributed by atoms with van der Waals surface area (Å²) in [5.41, 5.74) is 0. The van der Waals surface area contributed by atoms with Gasteiger partial charge in [-0.25, -0.2) is 9.13 Å². The van der Waals surface area contributed by atoms with Gasteiger partial charge in [0.15, 0.2) is 12.2 Å². The number of aliphatic hydroxyl groups is 1. The summed E-state index contributed by atoms with van der Waals surface area (Å²) < 4.78 is 69.0. The average molecular weight is 1550 g/mol. The van der Waals surface area contributed by atoms with E-state index < -0.39 is 97.5 Å². The topological polar surface area (TPSA) is 237 Å². The molecule has 0 aliphatic heterocycles. The zero-order valence-corrected chi connectivity index (χ0v) is 71.7. The molecular weight excluding hydrogens is 1380 g/mol. The van der Waals surface area contributed by atoms with Crippen molar-refractivity contribution in [2.24, 2.45) is 17.8 Å². The van der Waals surface area contributed by atoms with Crippen molar-refractivity contribution < 1.29 is 80.2 Å². The van der Waals surface area contributed by atoms with Gasteiger partial charge in [0.1, 0.15) is 19.3 Å². The number of rotatable bonds is 85. The Labute approximate surface area is 651 Å². The van der Waals surface area contributed by atoms with Gasteiger partial charge in [-0.3, -0.25) is 37.3 Å². The Hall–Kier alpha value is -1.94. The number of esters is 4. The molecule has 17 nitrogen and oxygen atoms in total. The van der Waals surface area contributed by atoms with Gasteiger partial charge in [0.05, 0.1) is 26.4 Å². The molecule has 0 aliphatic rings. The highest BCUT2D eigenvalue weighted by Crippen LogP contribution is 2.45. The van der Waals surface area contributed by atoms with E-state index in [0.29, 0.717) is 25.7 Å². The first kappa shape index (κ1) is 104. The highest BCUT2D eigenvalue weighted by molar-refractivity contribution is 7.47. The van der Waals surface area contributed by atoms with Gasteiger partial charge in [-0.1, -0.05) is 408 Å². The van der Waals surface area contributed by atoms with Crippen LogP contribution in [0, 0.1) is 17.8 Å². The summed E-state index contributed by atoms with van der Waals surface area (Å²) in [7, 11) is -9.93. The van der Waals surface area contributed by atoms with Crippen LogP contribution in [0.25, 0.3) is 0 Å². The van der Waals surface area contributed by atoms with Crippen molar-refractivity contribution >= 4 is 39.5 Å². The number of hydrogen-bond donors (Lipinski definition) is 3. The first-order chi connectivity index (χ1) is 51.2. The van der Waals surface area contributed by atoms with E-state index in [0.717, 1.165) is 108 Å². The van der Waals surface area contributed by atoms with E-state index in [2.05, 4.69) is 48.5 Å². The lowest BCUT2D eigenvalue weighted by molar-refractivity contribution is -0.161. The van der Waals surface area contributed by atoms with Gasteiger partial charge in [0.25, 0.3) is 0 Å². The second kappa shape index (κ2) is 77.0. The Balaban J connectivity index is 5.26. The summed E-state index contributed by atoms with van der Waals surface area (Å²) in [5, 5.41) is 10.7. The molecule has 0 heterocycles. The van der Waals surface area contributed by atoms with Crippen LogP contribution >= 0.6 is 15.6 Å². The lowest BCUT2D eigenvalue weighted by atomic mass is 10.0. The normalized spacial score (nSPS) is 13.9. The molecule has 5 atom stereocenters. The third kappa shape index (κ3) is 80.1. The Morgan fingerprint density at radius 1 is 0.255 bits per heavy atom. The zero-order chi connectivity index (χ0) is 77.9. The van der Waals surface area contributed by atoms with E-state index in [1.54, 1.807) is 0 Å². The monoisotopic (exact) mass is 1550 g/mol. The third-order valence-electron chi connectivity index (χ3n) is 20.4. The minimum absolute atomic E-state index is 0.108. The van der Waals surface area contributed by atoms with Crippen molar-refractivity contribution in [3.05, 3.63) is 0 Å². The lowest BCUT2D eigenvalue weighted by Crippen LogP contribution is -2.30. The first-order valence-corrected chi connectivity index (χ1v) is 47.8. The van der Waals surface area contributed by atoms with Crippen LogP contribution in [0.1, 0.15) is 459 Å². The summed E-state index contributed by atoms with van der Waals surface area (Å²) in [4.78, 5) is 73.3. The van der Waals surface area contributed by atoms with Crippen molar-refractivity contribution in [3.8, 4) is 0 Å². The summed E-state index contributed by atoms with van der Waals surface area (Å²) in [6, 6.07) is 0. The molecule has 0 amide bonds. The van der Waals surface area contributed by atoms with E-state index in [1.807, 2.05) is 0 Å². The van der Waals surface area contributed by atoms with Crippen molar-refractivity contribution in [1.29, 1.82) is 0 Å². The molecule has 0 aliphatic carbocycles. The predicted molar refractivity (Wildman–Crippen MR) is 437 cm³/mol. The number of ether oxygens (including phenoxy) is 4. The summed E-state index contributed by atoms with van der Waals surface area (Å²) >= 11 is 0. The minimum Gasteiger partial charge on any atom is -0.462 e. The van der Waals surface area contributed by atoms with Gasteiger partial charge >= 0.3 is 39.5 Å². The number of carbonyl (C=O) groups is 4. The number of aliphatic hydroxyl groups excluding tert-OH is 1. The number of phosphoric ester groups is 2. The molecule has 0 aromatic rings. The van der Waals surface area contributed by atoms with Crippen LogP contribution in [-0.4, -0.2) is 96.7 Å². The molecule has 2 unspecified atom stereocenters. The fourth-order valence-corrected chi connectivity index (χ4v) is 15.1. The van der Waals surface area contributed by atoms with Gasteiger partial charge in [-0.2, -0.15) is 0 Å². The summed E-state index contributed by atoms with van der Waals surface area (Å²) in [6.07, 6.45) is 68.0. The number of phosphoric acid groups is 2. The smallest absolute Gasteiger partial charge is 0.462 e. The molecule has 19 heteroatoms. The van der Waals surface area contributed by atoms with Crippen molar-refractivity contribution in [2.75, 3.05) is 39.6 Å². The van der Waals surface area contributed by atoms with Crippen LogP contribution in [0.5, 0.6) is 0 Å². The third-order valence-corrected chi connectivity index (χ3v) is 22.3. The van der Waals surface area contributed by atoms with Gasteiger partial charge in [0.2, 0.25) is 0 Å². The van der Waals surface area contributed by atoms with Gasteiger partial charge < -0.3 is 33.8 Å². The fourth-order valence-electron chi connectivity index (χ4n) is 13.5. The van der Waals surface area contributed by atoms with Crippen LogP contribution in [0.15, 0.2) is 0 Å². The SMILES string of the molecule is CCCCCCCCCCCCCCCCCCCCC(=O)O[C@H](COC(=O)CCCCCCCCCCCC(C)C)COP(=O)(O)OC[C@H](O)COP(=O)(O)OC[C@@H](COC(=O)CCCCCCCCCCCCCCCCCC(C)C)OC(=O)CCCCCCCCCCCCCCCCCC(C)C. The summed E-state index contributed by atoms with van der Waals surface area (Å²) in [6.45, 7) is 12.0. The van der Waals surface area contributed by atoms with Crippen molar-refractivity contribution in [2.45, 2.75) is 478 Å². The highest BCUT2D eigenvalue weighted by Gasteiger charge is 2.30. The molecule has 3 N–H and O–H groups in total. The summed E-state index contributed by atoms with van der Waals surface area (Å²) in [5.74, 6) is 0.251. The van der Waals surface area contributed by atoms with Gasteiger partial charge in [-0.15, -0.1) is 0 Å². The first-order valence-electron chi connectivity index (χ1n) is 44.8. The van der Waals surface area contributed by atoms with E-state index in [1.165, 1.54) is 270 Å². The van der Waals surface area contributed by atoms with E-state index >= 15 is 0 Å². The maximum atomic E-state index is 13.2. The number of hydrogen-bond acceptors (Lipinski definition) is 15.